The van der Waals surface area contributed by atoms with Crippen molar-refractivity contribution < 1.29 is 9.53 Å². The number of ether oxygens (including phenoxy) is 1. The monoisotopic (exact) mass is 461 g/mol. The Kier molecular flexibility index (Phi) is 6.34. The minimum absolute atomic E-state index is 0.0857. The van der Waals surface area contributed by atoms with E-state index in [1.165, 1.54) is 33.4 Å². The van der Waals surface area contributed by atoms with Crippen LogP contribution in [-0.4, -0.2) is 19.2 Å². The van der Waals surface area contributed by atoms with E-state index in [0.29, 0.717) is 13.2 Å². The van der Waals surface area contributed by atoms with E-state index >= 15 is 0 Å². The predicted molar refractivity (Wildman–Crippen MR) is 126 cm³/mol. The van der Waals surface area contributed by atoms with Gasteiger partial charge in [-0.05, 0) is 58.9 Å². The number of aryl methyl sites for hydroxylation is 1. The van der Waals surface area contributed by atoms with Gasteiger partial charge < -0.3 is 10.1 Å². The second-order valence-electron chi connectivity index (χ2n) is 7.44. The molecule has 0 saturated carbocycles. The number of rotatable bonds is 6. The molecular weight excluding hydrogens is 438 g/mol. The van der Waals surface area contributed by atoms with Crippen LogP contribution in [-0.2, 0) is 4.74 Å². The lowest BCUT2D eigenvalue weighted by atomic mass is 9.98. The molecule has 30 heavy (non-hydrogen) atoms. The fourth-order valence-electron chi connectivity index (χ4n) is 3.91. The zero-order valence-corrected chi connectivity index (χ0v) is 18.5. The summed E-state index contributed by atoms with van der Waals surface area (Å²) < 4.78 is 6.62. The highest BCUT2D eigenvalue weighted by atomic mass is 79.9. The highest BCUT2D eigenvalue weighted by Crippen LogP contribution is 2.44. The highest BCUT2D eigenvalue weighted by Gasteiger charge is 2.28. The van der Waals surface area contributed by atoms with Gasteiger partial charge in [-0.15, -0.1) is 0 Å². The van der Waals surface area contributed by atoms with Crippen LogP contribution >= 0.6 is 15.9 Å². The molecule has 1 aliphatic carbocycles. The predicted octanol–water partition coefficient (Wildman–Crippen LogP) is 6.70. The molecule has 0 heterocycles. The number of benzene rings is 3. The fourth-order valence-corrected chi connectivity index (χ4v) is 4.29. The highest BCUT2D eigenvalue weighted by molar-refractivity contribution is 9.10. The summed E-state index contributed by atoms with van der Waals surface area (Å²) in [7, 11) is 0. The lowest BCUT2D eigenvalue weighted by Gasteiger charge is -2.14. The van der Waals surface area contributed by atoms with Crippen molar-refractivity contribution in [3.63, 3.8) is 0 Å². The zero-order valence-electron chi connectivity index (χ0n) is 16.9. The first kappa shape index (κ1) is 20.4. The Bertz CT molecular complexity index is 1040. The molecule has 0 unspecified atom stereocenters. The van der Waals surface area contributed by atoms with Gasteiger partial charge in [-0.3, -0.25) is 0 Å². The third-order valence-corrected chi connectivity index (χ3v) is 5.96. The molecule has 1 amide bonds. The molecule has 0 aromatic heterocycles. The van der Waals surface area contributed by atoms with E-state index < -0.39 is 0 Å². The molecule has 4 rings (SSSR count). The molecule has 0 atom stereocenters. The van der Waals surface area contributed by atoms with Gasteiger partial charge in [0, 0.05) is 16.9 Å². The van der Waals surface area contributed by atoms with Crippen LogP contribution in [0.5, 0.6) is 0 Å². The maximum absolute atomic E-state index is 12.2. The van der Waals surface area contributed by atoms with E-state index in [1.807, 2.05) is 18.2 Å². The standard InChI is InChI=1S/C26H24BrNO2/c1-18-13-14-20(27)16-19(18)8-6-7-15-28-26(29)30-17-25-23-11-4-2-9-21(23)22-10-3-5-12-24(22)25/h2-6,8-14,16,25H,7,15,17H2,1H3,(H,28,29). The van der Waals surface area contributed by atoms with Gasteiger partial charge in [0.15, 0.2) is 0 Å². The zero-order chi connectivity index (χ0) is 20.9. The number of fused-ring (bicyclic) bond motifs is 3. The summed E-state index contributed by atoms with van der Waals surface area (Å²) in [6.45, 7) is 2.97. The lowest BCUT2D eigenvalue weighted by molar-refractivity contribution is 0.143. The van der Waals surface area contributed by atoms with E-state index in [0.717, 1.165) is 10.9 Å². The van der Waals surface area contributed by atoms with Gasteiger partial charge in [0.1, 0.15) is 6.61 Å². The van der Waals surface area contributed by atoms with Crippen LogP contribution in [0, 0.1) is 6.92 Å². The Morgan fingerprint density at radius 3 is 2.40 bits per heavy atom. The summed E-state index contributed by atoms with van der Waals surface area (Å²) in [6.07, 6.45) is 4.53. The number of carbonyl (C=O) groups excluding carboxylic acids is 1. The van der Waals surface area contributed by atoms with Gasteiger partial charge in [0.25, 0.3) is 0 Å². The first-order valence-corrected chi connectivity index (χ1v) is 10.9. The molecule has 0 bridgehead atoms. The van der Waals surface area contributed by atoms with Gasteiger partial charge in [-0.2, -0.15) is 0 Å². The molecule has 152 valence electrons. The van der Waals surface area contributed by atoms with Crippen molar-refractivity contribution in [2.24, 2.45) is 0 Å². The Hall–Kier alpha value is -2.85. The second-order valence-corrected chi connectivity index (χ2v) is 8.36. The van der Waals surface area contributed by atoms with Gasteiger partial charge in [0.05, 0.1) is 0 Å². The third kappa shape index (κ3) is 4.49. The Morgan fingerprint density at radius 2 is 1.70 bits per heavy atom. The Labute approximate surface area is 185 Å². The molecule has 0 fully saturated rings. The molecule has 0 aliphatic heterocycles. The summed E-state index contributed by atoms with van der Waals surface area (Å²) in [5.74, 6) is 0.0857. The first-order chi connectivity index (χ1) is 14.6. The average Bonchev–Trinajstić information content (AvgIpc) is 3.08. The SMILES string of the molecule is Cc1ccc(Br)cc1C=CCCNC(=O)OCC1c2ccccc2-c2ccccc21. The van der Waals surface area contributed by atoms with Gasteiger partial charge in [-0.1, -0.05) is 82.7 Å². The van der Waals surface area contributed by atoms with Crippen LogP contribution in [0.2, 0.25) is 0 Å². The van der Waals surface area contributed by atoms with Gasteiger partial charge >= 0.3 is 6.09 Å². The molecule has 0 saturated heterocycles. The smallest absolute Gasteiger partial charge is 0.407 e. The first-order valence-electron chi connectivity index (χ1n) is 10.1. The van der Waals surface area contributed by atoms with Crippen LogP contribution in [0.1, 0.15) is 34.6 Å². The third-order valence-electron chi connectivity index (χ3n) is 5.46. The number of amides is 1. The molecule has 3 nitrogen and oxygen atoms in total. The van der Waals surface area contributed by atoms with Gasteiger partial charge in [-0.25, -0.2) is 4.79 Å². The molecule has 0 spiro atoms. The Balaban J connectivity index is 1.28. The minimum Gasteiger partial charge on any atom is -0.449 e. The van der Waals surface area contributed by atoms with Crippen molar-refractivity contribution in [1.82, 2.24) is 5.32 Å². The Morgan fingerprint density at radius 1 is 1.03 bits per heavy atom. The van der Waals surface area contributed by atoms with E-state index in [2.05, 4.69) is 88.9 Å². The van der Waals surface area contributed by atoms with Crippen LogP contribution < -0.4 is 5.32 Å². The summed E-state index contributed by atoms with van der Waals surface area (Å²) in [5, 5.41) is 2.85. The largest absolute Gasteiger partial charge is 0.449 e. The van der Waals surface area contributed by atoms with E-state index in [4.69, 9.17) is 4.74 Å². The fraction of sp³-hybridized carbons (Fsp3) is 0.192. The topological polar surface area (TPSA) is 38.3 Å². The van der Waals surface area contributed by atoms with Crippen LogP contribution in [0.4, 0.5) is 4.79 Å². The maximum Gasteiger partial charge on any atom is 0.407 e. The molecular formula is C26H24BrNO2. The number of halogens is 1. The number of hydrogen-bond donors (Lipinski definition) is 1. The van der Waals surface area contributed by atoms with Crippen molar-refractivity contribution in [3.05, 3.63) is 99.5 Å². The van der Waals surface area contributed by atoms with Crippen molar-refractivity contribution in [1.29, 1.82) is 0 Å². The number of hydrogen-bond acceptors (Lipinski definition) is 2. The maximum atomic E-state index is 12.2. The van der Waals surface area contributed by atoms with Crippen molar-refractivity contribution in [2.75, 3.05) is 13.2 Å². The van der Waals surface area contributed by atoms with Gasteiger partial charge in [0.2, 0.25) is 0 Å². The second kappa shape index (κ2) is 9.31. The molecule has 3 aromatic rings. The average molecular weight is 462 g/mol. The van der Waals surface area contributed by atoms with Crippen molar-refractivity contribution >= 4 is 28.1 Å². The molecule has 1 N–H and O–H groups in total. The van der Waals surface area contributed by atoms with E-state index in [-0.39, 0.29) is 12.0 Å². The number of alkyl carbamates (subject to hydrolysis) is 1. The molecule has 1 aliphatic rings. The summed E-state index contributed by atoms with van der Waals surface area (Å²) in [4.78, 5) is 12.2. The summed E-state index contributed by atoms with van der Waals surface area (Å²) >= 11 is 3.50. The van der Waals surface area contributed by atoms with Crippen LogP contribution in [0.3, 0.4) is 0 Å². The van der Waals surface area contributed by atoms with E-state index in [1.54, 1.807) is 0 Å². The lowest BCUT2D eigenvalue weighted by Crippen LogP contribution is -2.26. The number of nitrogens with one attached hydrogen (secondary N) is 1. The van der Waals surface area contributed by atoms with E-state index in [9.17, 15) is 4.79 Å². The minimum atomic E-state index is -0.371. The number of carbonyl (C=O) groups is 1. The van der Waals surface area contributed by atoms with Crippen molar-refractivity contribution in [3.8, 4) is 11.1 Å². The molecule has 3 aromatic carbocycles. The van der Waals surface area contributed by atoms with Crippen LogP contribution in [0.15, 0.2) is 77.3 Å². The molecule has 0 radical (unpaired) electrons. The molecule has 4 heteroatoms. The summed E-state index contributed by atoms with van der Waals surface area (Å²) in [5.41, 5.74) is 7.30. The van der Waals surface area contributed by atoms with Crippen LogP contribution in [0.25, 0.3) is 17.2 Å². The van der Waals surface area contributed by atoms with Crippen molar-refractivity contribution in [2.45, 2.75) is 19.3 Å². The quantitative estimate of drug-likeness (QED) is 0.414. The normalized spacial score (nSPS) is 12.6. The summed E-state index contributed by atoms with van der Waals surface area (Å²) in [6, 6.07) is 22.9.